The van der Waals surface area contributed by atoms with Crippen LogP contribution in [0.15, 0.2) is 59.5 Å². The number of aromatic nitrogens is 1. The molecular weight excluding hydrogens is 464 g/mol. The first-order valence-electron chi connectivity index (χ1n) is 9.83. The van der Waals surface area contributed by atoms with E-state index in [1.165, 1.54) is 27.6 Å². The van der Waals surface area contributed by atoms with Crippen LogP contribution in [0.5, 0.6) is 0 Å². The lowest BCUT2D eigenvalue weighted by molar-refractivity contribution is -0.132. The summed E-state index contributed by atoms with van der Waals surface area (Å²) in [6.45, 7) is 3.99. The standard InChI is InChI=1S/C24H17ClN2O3S2/c1-12-10-13(2)19-17(11-12)32-24(26-19)27-20(16-4-3-9-31-16)18(22(29)23(27)30)21(28)14-5-7-15(25)8-6-14/h3-11,20,28H,1-2H3. The number of nitrogens with zero attached hydrogens (tertiary/aromatic N) is 2. The zero-order chi connectivity index (χ0) is 22.6. The molecule has 1 aliphatic rings. The fourth-order valence-electron chi connectivity index (χ4n) is 3.97. The number of anilines is 1. The van der Waals surface area contributed by atoms with Crippen molar-refractivity contribution in [3.05, 3.63) is 86.1 Å². The number of aliphatic hydroxyl groups excluding tert-OH is 1. The van der Waals surface area contributed by atoms with Gasteiger partial charge in [0.1, 0.15) is 11.8 Å². The Hall–Kier alpha value is -3.00. The van der Waals surface area contributed by atoms with Gasteiger partial charge >= 0.3 is 5.91 Å². The number of fused-ring (bicyclic) bond motifs is 1. The lowest BCUT2D eigenvalue weighted by Crippen LogP contribution is -2.28. The highest BCUT2D eigenvalue weighted by atomic mass is 35.5. The van der Waals surface area contributed by atoms with Gasteiger partial charge in [0, 0.05) is 15.5 Å². The van der Waals surface area contributed by atoms with E-state index < -0.39 is 17.7 Å². The summed E-state index contributed by atoms with van der Waals surface area (Å²) in [6.07, 6.45) is 0. The monoisotopic (exact) mass is 480 g/mol. The number of hydrogen-bond donors (Lipinski definition) is 1. The van der Waals surface area contributed by atoms with Crippen LogP contribution in [0, 0.1) is 13.8 Å². The third-order valence-electron chi connectivity index (χ3n) is 5.40. The summed E-state index contributed by atoms with van der Waals surface area (Å²) in [5, 5.41) is 13.9. The number of carbonyl (C=O) groups excluding carboxylic acids is 2. The van der Waals surface area contributed by atoms with E-state index in [4.69, 9.17) is 16.6 Å². The normalized spacial score (nSPS) is 18.1. The lowest BCUT2D eigenvalue weighted by Gasteiger charge is -2.21. The summed E-state index contributed by atoms with van der Waals surface area (Å²) in [5.74, 6) is -1.66. The Kier molecular flexibility index (Phi) is 5.12. The van der Waals surface area contributed by atoms with E-state index in [2.05, 4.69) is 0 Å². The van der Waals surface area contributed by atoms with Crippen LogP contribution in [0.4, 0.5) is 5.13 Å². The molecule has 0 spiro atoms. The highest BCUT2D eigenvalue weighted by Gasteiger charge is 2.48. The maximum Gasteiger partial charge on any atom is 0.301 e. The van der Waals surface area contributed by atoms with Crippen LogP contribution in [0.1, 0.15) is 27.6 Å². The zero-order valence-electron chi connectivity index (χ0n) is 17.1. The Morgan fingerprint density at radius 3 is 2.56 bits per heavy atom. The molecule has 5 rings (SSSR count). The van der Waals surface area contributed by atoms with Gasteiger partial charge in [-0.05, 0) is 66.8 Å². The predicted octanol–water partition coefficient (Wildman–Crippen LogP) is 6.25. The van der Waals surface area contributed by atoms with Crippen LogP contribution in [-0.4, -0.2) is 21.8 Å². The molecule has 0 saturated carbocycles. The zero-order valence-corrected chi connectivity index (χ0v) is 19.5. The van der Waals surface area contributed by atoms with E-state index in [0.29, 0.717) is 15.7 Å². The number of aryl methyl sites for hydroxylation is 2. The SMILES string of the molecule is Cc1cc(C)c2nc(N3C(=O)C(=O)C(=C(O)c4ccc(Cl)cc4)C3c3cccs3)sc2c1. The summed E-state index contributed by atoms with van der Waals surface area (Å²) in [7, 11) is 0. The minimum Gasteiger partial charge on any atom is -0.507 e. The van der Waals surface area contributed by atoms with E-state index in [9.17, 15) is 14.7 Å². The number of amides is 1. The van der Waals surface area contributed by atoms with Gasteiger partial charge in [0.25, 0.3) is 5.78 Å². The van der Waals surface area contributed by atoms with Crippen molar-refractivity contribution in [1.82, 2.24) is 4.98 Å². The number of carbonyl (C=O) groups is 2. The van der Waals surface area contributed by atoms with Gasteiger partial charge in [0.15, 0.2) is 5.13 Å². The number of thiophene rings is 1. The topological polar surface area (TPSA) is 70.5 Å². The van der Waals surface area contributed by atoms with E-state index in [1.54, 1.807) is 24.3 Å². The summed E-state index contributed by atoms with van der Waals surface area (Å²) >= 11 is 8.76. The van der Waals surface area contributed by atoms with Crippen molar-refractivity contribution in [2.24, 2.45) is 0 Å². The van der Waals surface area contributed by atoms with Gasteiger partial charge in [0.05, 0.1) is 15.8 Å². The minimum atomic E-state index is -0.757. The molecular formula is C24H17ClN2O3S2. The Morgan fingerprint density at radius 2 is 1.88 bits per heavy atom. The number of ketones is 1. The maximum atomic E-state index is 13.2. The van der Waals surface area contributed by atoms with Crippen molar-refractivity contribution in [2.45, 2.75) is 19.9 Å². The van der Waals surface area contributed by atoms with Crippen LogP contribution in [-0.2, 0) is 9.59 Å². The molecule has 8 heteroatoms. The first-order chi connectivity index (χ1) is 15.3. The van der Waals surface area contributed by atoms with Crippen molar-refractivity contribution in [1.29, 1.82) is 0 Å². The smallest absolute Gasteiger partial charge is 0.301 e. The van der Waals surface area contributed by atoms with Gasteiger partial charge < -0.3 is 5.11 Å². The Labute approximate surface area is 197 Å². The molecule has 1 amide bonds. The molecule has 1 saturated heterocycles. The number of Topliss-reactive ketones (excluding diaryl/α,β-unsaturated/α-hetero) is 1. The fraction of sp³-hybridized carbons (Fsp3) is 0.125. The third kappa shape index (κ3) is 3.33. The van der Waals surface area contributed by atoms with Crippen molar-refractivity contribution < 1.29 is 14.7 Å². The number of benzene rings is 2. The molecule has 1 atom stereocenters. The average molecular weight is 481 g/mol. The Morgan fingerprint density at radius 1 is 1.12 bits per heavy atom. The fourth-order valence-corrected chi connectivity index (χ4v) is 6.09. The molecule has 2 aromatic carbocycles. The number of thiazole rings is 1. The summed E-state index contributed by atoms with van der Waals surface area (Å²) in [6, 6.07) is 13.5. The molecule has 0 aliphatic carbocycles. The second kappa shape index (κ2) is 7.85. The quantitative estimate of drug-likeness (QED) is 0.213. The van der Waals surface area contributed by atoms with Gasteiger partial charge in [-0.25, -0.2) is 4.98 Å². The van der Waals surface area contributed by atoms with Crippen LogP contribution < -0.4 is 4.90 Å². The molecule has 0 radical (unpaired) electrons. The maximum absolute atomic E-state index is 13.2. The van der Waals surface area contributed by atoms with Crippen molar-refractivity contribution >= 4 is 67.1 Å². The van der Waals surface area contributed by atoms with E-state index in [1.807, 2.05) is 43.5 Å². The molecule has 1 unspecified atom stereocenters. The lowest BCUT2D eigenvalue weighted by atomic mass is 10.00. The first kappa shape index (κ1) is 20.9. The number of hydrogen-bond acceptors (Lipinski definition) is 6. The molecule has 1 fully saturated rings. The predicted molar refractivity (Wildman–Crippen MR) is 130 cm³/mol. The molecule has 1 aliphatic heterocycles. The largest absolute Gasteiger partial charge is 0.507 e. The van der Waals surface area contributed by atoms with Crippen molar-refractivity contribution in [3.63, 3.8) is 0 Å². The highest BCUT2D eigenvalue weighted by Crippen LogP contribution is 2.45. The van der Waals surface area contributed by atoms with Gasteiger partial charge in [-0.3, -0.25) is 14.5 Å². The molecule has 160 valence electrons. The van der Waals surface area contributed by atoms with Crippen LogP contribution in [0.25, 0.3) is 16.0 Å². The summed E-state index contributed by atoms with van der Waals surface area (Å²) in [4.78, 5) is 33.3. The van der Waals surface area contributed by atoms with Gasteiger partial charge in [-0.2, -0.15) is 0 Å². The third-order valence-corrected chi connectivity index (χ3v) is 7.58. The molecule has 32 heavy (non-hydrogen) atoms. The number of aliphatic hydroxyl groups is 1. The van der Waals surface area contributed by atoms with Crippen molar-refractivity contribution in [2.75, 3.05) is 4.90 Å². The molecule has 5 nitrogen and oxygen atoms in total. The number of halogens is 1. The second-order valence-electron chi connectivity index (χ2n) is 7.62. The van der Waals surface area contributed by atoms with Gasteiger partial charge in [-0.15, -0.1) is 11.3 Å². The number of rotatable bonds is 3. The van der Waals surface area contributed by atoms with Crippen molar-refractivity contribution in [3.8, 4) is 0 Å². The van der Waals surface area contributed by atoms with Crippen LogP contribution in [0.3, 0.4) is 0 Å². The minimum absolute atomic E-state index is 0.0481. The molecule has 3 heterocycles. The van der Waals surface area contributed by atoms with E-state index in [0.717, 1.165) is 26.2 Å². The molecule has 2 aromatic heterocycles. The van der Waals surface area contributed by atoms with Gasteiger partial charge in [0.2, 0.25) is 0 Å². The molecule has 4 aromatic rings. The Balaban J connectivity index is 1.72. The summed E-state index contributed by atoms with van der Waals surface area (Å²) < 4.78 is 0.946. The van der Waals surface area contributed by atoms with E-state index in [-0.39, 0.29) is 11.3 Å². The molecule has 0 bridgehead atoms. The van der Waals surface area contributed by atoms with Crippen LogP contribution >= 0.6 is 34.3 Å². The molecule has 1 N–H and O–H groups in total. The highest BCUT2D eigenvalue weighted by molar-refractivity contribution is 7.22. The Bertz CT molecular complexity index is 1410. The average Bonchev–Trinajstić information content (AvgIpc) is 3.47. The summed E-state index contributed by atoms with van der Waals surface area (Å²) in [5.41, 5.74) is 3.38. The first-order valence-corrected chi connectivity index (χ1v) is 11.9. The second-order valence-corrected chi connectivity index (χ2v) is 10.0. The van der Waals surface area contributed by atoms with Crippen LogP contribution in [0.2, 0.25) is 5.02 Å². The van der Waals surface area contributed by atoms with Gasteiger partial charge in [-0.1, -0.05) is 35.1 Å². The van der Waals surface area contributed by atoms with E-state index >= 15 is 0 Å².